The minimum atomic E-state index is -0.163. The summed E-state index contributed by atoms with van der Waals surface area (Å²) in [6, 6.07) is 8.96. The Bertz CT molecular complexity index is 1630. The van der Waals surface area contributed by atoms with Gasteiger partial charge in [0.25, 0.3) is 11.6 Å². The van der Waals surface area contributed by atoms with Crippen molar-refractivity contribution in [2.24, 2.45) is 10.2 Å². The van der Waals surface area contributed by atoms with Gasteiger partial charge in [0.05, 0.1) is 18.0 Å². The van der Waals surface area contributed by atoms with Crippen molar-refractivity contribution in [1.82, 2.24) is 39.6 Å². The minimum absolute atomic E-state index is 0.163. The standard InChI is InChI=1S/C22H18N12O/c1-12-17(23-4)21(33(30-12)22-24-9-6-10-25-22)29-28-18-13(2)31-34-20(18)27-19(32-34)15-7-5-8-16(11-15)26-14(3)35/h5-11H,1-3H3,(H,26,35)(H,27,32)/b29-28+. The number of aryl methyl sites for hydroxylation is 2. The van der Waals surface area contributed by atoms with Crippen molar-refractivity contribution >= 4 is 34.4 Å². The van der Waals surface area contributed by atoms with Gasteiger partial charge in [0.1, 0.15) is 0 Å². The maximum atomic E-state index is 11.4. The Morgan fingerprint density at radius 1 is 1.09 bits per heavy atom. The number of anilines is 1. The zero-order valence-corrected chi connectivity index (χ0v) is 18.9. The smallest absolute Gasteiger partial charge is 0.255 e. The van der Waals surface area contributed by atoms with Crippen LogP contribution in [-0.4, -0.2) is 45.5 Å². The van der Waals surface area contributed by atoms with Gasteiger partial charge in [0, 0.05) is 30.6 Å². The molecule has 4 aromatic heterocycles. The molecule has 0 radical (unpaired) electrons. The lowest BCUT2D eigenvalue weighted by atomic mass is 10.2. The number of nitrogens with one attached hydrogen (secondary N) is 2. The van der Waals surface area contributed by atoms with Gasteiger partial charge in [-0.25, -0.2) is 14.8 Å². The lowest BCUT2D eigenvalue weighted by molar-refractivity contribution is -0.114. The average Bonchev–Trinajstić information content (AvgIpc) is 3.48. The summed E-state index contributed by atoms with van der Waals surface area (Å²) in [6.45, 7) is 12.5. The fraction of sp³-hybridized carbons (Fsp3) is 0.136. The molecular weight excluding hydrogens is 448 g/mol. The molecule has 0 aliphatic rings. The van der Waals surface area contributed by atoms with E-state index in [0.717, 1.165) is 5.56 Å². The number of nitrogens with zero attached hydrogens (tertiary/aromatic N) is 10. The number of rotatable bonds is 5. The number of H-pyrrole nitrogens is 1. The molecule has 35 heavy (non-hydrogen) atoms. The number of carbonyl (C=O) groups is 1. The molecule has 1 aromatic carbocycles. The molecule has 4 heterocycles. The molecule has 0 bridgehead atoms. The summed E-state index contributed by atoms with van der Waals surface area (Å²) in [7, 11) is 0. The zero-order chi connectivity index (χ0) is 24.5. The molecule has 5 aromatic rings. The van der Waals surface area contributed by atoms with Gasteiger partial charge < -0.3 is 10.3 Å². The number of carbonyl (C=O) groups excluding carboxylic acids is 1. The number of aromatic nitrogens is 8. The lowest BCUT2D eigenvalue weighted by Crippen LogP contribution is -2.05. The third-order valence-corrected chi connectivity index (χ3v) is 5.00. The molecule has 0 saturated heterocycles. The molecule has 0 saturated carbocycles. The summed E-state index contributed by atoms with van der Waals surface area (Å²) < 4.78 is 2.82. The number of fused-ring (bicyclic) bond motifs is 1. The fourth-order valence-corrected chi connectivity index (χ4v) is 3.48. The third kappa shape index (κ3) is 4.00. The van der Waals surface area contributed by atoms with E-state index in [0.29, 0.717) is 34.2 Å². The number of azo groups is 1. The molecule has 13 heteroatoms. The van der Waals surface area contributed by atoms with E-state index in [1.807, 2.05) is 12.1 Å². The van der Waals surface area contributed by atoms with E-state index in [1.54, 1.807) is 44.4 Å². The highest BCUT2D eigenvalue weighted by molar-refractivity contribution is 5.89. The second-order valence-electron chi connectivity index (χ2n) is 7.54. The van der Waals surface area contributed by atoms with E-state index in [2.05, 4.69) is 50.6 Å². The molecule has 0 fully saturated rings. The molecule has 1 amide bonds. The van der Waals surface area contributed by atoms with Crippen LogP contribution in [0.25, 0.3) is 27.8 Å². The predicted molar refractivity (Wildman–Crippen MR) is 126 cm³/mol. The van der Waals surface area contributed by atoms with Crippen LogP contribution in [-0.2, 0) is 4.79 Å². The van der Waals surface area contributed by atoms with E-state index < -0.39 is 0 Å². The summed E-state index contributed by atoms with van der Waals surface area (Å²) in [4.78, 5) is 26.6. The molecule has 2 N–H and O–H groups in total. The summed E-state index contributed by atoms with van der Waals surface area (Å²) in [5.41, 5.74) is 3.72. The summed E-state index contributed by atoms with van der Waals surface area (Å²) >= 11 is 0. The van der Waals surface area contributed by atoms with Crippen molar-refractivity contribution in [2.45, 2.75) is 20.8 Å². The lowest BCUT2D eigenvalue weighted by Gasteiger charge is -2.03. The Labute approximate surface area is 198 Å². The van der Waals surface area contributed by atoms with Gasteiger partial charge in [0.2, 0.25) is 5.91 Å². The highest BCUT2D eigenvalue weighted by atomic mass is 16.1. The Morgan fingerprint density at radius 3 is 2.63 bits per heavy atom. The second kappa shape index (κ2) is 8.60. The van der Waals surface area contributed by atoms with Crippen LogP contribution < -0.4 is 5.32 Å². The van der Waals surface area contributed by atoms with Gasteiger partial charge in [0.15, 0.2) is 23.0 Å². The first kappa shape index (κ1) is 21.6. The maximum absolute atomic E-state index is 11.4. The molecule has 0 spiro atoms. The number of benzene rings is 1. The predicted octanol–water partition coefficient (Wildman–Crippen LogP) is 4.24. The largest absolute Gasteiger partial charge is 0.326 e. The summed E-state index contributed by atoms with van der Waals surface area (Å²) in [5, 5.41) is 24.8. The number of hydrogen-bond acceptors (Lipinski definition) is 8. The van der Waals surface area contributed by atoms with Crippen LogP contribution in [0.15, 0.2) is 53.0 Å². The van der Waals surface area contributed by atoms with Crippen LogP contribution in [0.5, 0.6) is 0 Å². The Morgan fingerprint density at radius 2 is 1.89 bits per heavy atom. The van der Waals surface area contributed by atoms with Crippen LogP contribution in [0.2, 0.25) is 0 Å². The zero-order valence-electron chi connectivity index (χ0n) is 18.9. The van der Waals surface area contributed by atoms with Crippen LogP contribution in [0.1, 0.15) is 18.3 Å². The van der Waals surface area contributed by atoms with Crippen LogP contribution in [0.4, 0.5) is 22.9 Å². The fourth-order valence-electron chi connectivity index (χ4n) is 3.48. The molecule has 0 aliphatic carbocycles. The van der Waals surface area contributed by atoms with Gasteiger partial charge in [-0.15, -0.1) is 20.0 Å². The topological polar surface area (TPSA) is 148 Å². The monoisotopic (exact) mass is 466 g/mol. The van der Waals surface area contributed by atoms with Gasteiger partial charge in [-0.05, 0) is 32.0 Å². The summed E-state index contributed by atoms with van der Waals surface area (Å²) in [6.07, 6.45) is 3.16. The quantitative estimate of drug-likeness (QED) is 0.292. The van der Waals surface area contributed by atoms with E-state index in [-0.39, 0.29) is 23.4 Å². The highest BCUT2D eigenvalue weighted by Crippen LogP contribution is 2.35. The number of hydrogen-bond donors (Lipinski definition) is 2. The van der Waals surface area contributed by atoms with Gasteiger partial charge >= 0.3 is 0 Å². The molecule has 0 unspecified atom stereocenters. The minimum Gasteiger partial charge on any atom is -0.326 e. The van der Waals surface area contributed by atoms with E-state index in [4.69, 9.17) is 6.57 Å². The van der Waals surface area contributed by atoms with Crippen LogP contribution >= 0.6 is 0 Å². The van der Waals surface area contributed by atoms with Crippen LogP contribution in [0, 0.1) is 20.4 Å². The highest BCUT2D eigenvalue weighted by Gasteiger charge is 2.20. The number of aromatic amines is 1. The molecule has 0 atom stereocenters. The molecule has 0 aliphatic heterocycles. The Kier molecular flexibility index (Phi) is 5.30. The first-order valence-corrected chi connectivity index (χ1v) is 10.4. The Hall–Kier alpha value is -5.25. The third-order valence-electron chi connectivity index (χ3n) is 5.00. The average molecular weight is 466 g/mol. The maximum Gasteiger partial charge on any atom is 0.255 e. The SMILES string of the molecule is [C-]#[N+]c1c(C)nn(-c2ncccn2)c1/N=N/c1c(C)nn2nc(-c3cccc(NC(C)=O)c3)[nH]c12. The van der Waals surface area contributed by atoms with Gasteiger partial charge in [-0.3, -0.25) is 4.79 Å². The first-order valence-electron chi connectivity index (χ1n) is 10.4. The van der Waals surface area contributed by atoms with Crippen molar-refractivity contribution in [3.63, 3.8) is 0 Å². The van der Waals surface area contributed by atoms with Crippen molar-refractivity contribution < 1.29 is 4.79 Å². The summed E-state index contributed by atoms with van der Waals surface area (Å²) in [5.74, 6) is 0.866. The van der Waals surface area contributed by atoms with E-state index >= 15 is 0 Å². The molecule has 13 nitrogen and oxygen atoms in total. The van der Waals surface area contributed by atoms with Gasteiger partial charge in [-0.1, -0.05) is 12.1 Å². The van der Waals surface area contributed by atoms with Crippen molar-refractivity contribution in [3.05, 3.63) is 65.5 Å². The van der Waals surface area contributed by atoms with Crippen molar-refractivity contribution in [2.75, 3.05) is 5.32 Å². The van der Waals surface area contributed by atoms with Crippen LogP contribution in [0.3, 0.4) is 0 Å². The first-order chi connectivity index (χ1) is 16.9. The normalized spacial score (nSPS) is 11.3. The van der Waals surface area contributed by atoms with E-state index in [1.165, 1.54) is 16.2 Å². The second-order valence-corrected chi connectivity index (χ2v) is 7.54. The Balaban J connectivity index is 1.56. The van der Waals surface area contributed by atoms with Crippen molar-refractivity contribution in [1.29, 1.82) is 0 Å². The van der Waals surface area contributed by atoms with E-state index in [9.17, 15) is 4.79 Å². The molecular formula is C22H18N12O. The van der Waals surface area contributed by atoms with Gasteiger partial charge in [-0.2, -0.15) is 14.9 Å². The number of amides is 1. The van der Waals surface area contributed by atoms with Crippen molar-refractivity contribution in [3.8, 4) is 17.3 Å². The molecule has 5 rings (SSSR count). The molecule has 172 valence electrons.